The third-order valence-corrected chi connectivity index (χ3v) is 4.11. The Hall–Kier alpha value is -2.84. The van der Waals surface area contributed by atoms with Gasteiger partial charge in [-0.2, -0.15) is 0 Å². The molecule has 0 saturated carbocycles. The van der Waals surface area contributed by atoms with Crippen molar-refractivity contribution < 1.29 is 14.3 Å². The number of ether oxygens (including phenoxy) is 1. The third-order valence-electron chi connectivity index (χ3n) is 4.11. The van der Waals surface area contributed by atoms with E-state index in [1.807, 2.05) is 19.1 Å². The number of carbonyl (C=O) groups excluding carboxylic acids is 2. The minimum absolute atomic E-state index is 0.108. The lowest BCUT2D eigenvalue weighted by atomic mass is 10.3. The monoisotopic (exact) mass is 376 g/mol. The van der Waals surface area contributed by atoms with E-state index in [4.69, 9.17) is 4.74 Å². The summed E-state index contributed by atoms with van der Waals surface area (Å²) in [5.41, 5.74) is 0.855. The highest BCUT2D eigenvalue weighted by Crippen LogP contribution is 2.05. The third kappa shape index (κ3) is 6.43. The lowest BCUT2D eigenvalue weighted by Gasteiger charge is -2.35. The standard InChI is InChI=1S/C18H28N6O3/c1-4-27-18(26)24-12-10-23(11-13-24)17(19-3)20-9-8-16(25)22-15-7-5-6-14(2)21-15/h5-7H,4,8-13H2,1-3H3,(H,19,20)(H,21,22,25). The molecule has 0 aliphatic carbocycles. The van der Waals surface area contributed by atoms with Gasteiger partial charge in [-0.25, -0.2) is 9.78 Å². The maximum Gasteiger partial charge on any atom is 0.409 e. The van der Waals surface area contributed by atoms with Crippen LogP contribution in [0.5, 0.6) is 0 Å². The van der Waals surface area contributed by atoms with Crippen molar-refractivity contribution in [3.8, 4) is 0 Å². The van der Waals surface area contributed by atoms with Crippen molar-refractivity contribution >= 4 is 23.8 Å². The van der Waals surface area contributed by atoms with Crippen LogP contribution in [0.15, 0.2) is 23.2 Å². The number of hydrogen-bond donors (Lipinski definition) is 2. The predicted molar refractivity (Wildman–Crippen MR) is 104 cm³/mol. The van der Waals surface area contributed by atoms with Crippen LogP contribution in [0.1, 0.15) is 19.0 Å². The largest absolute Gasteiger partial charge is 0.450 e. The van der Waals surface area contributed by atoms with Gasteiger partial charge in [0.1, 0.15) is 5.82 Å². The smallest absolute Gasteiger partial charge is 0.409 e. The summed E-state index contributed by atoms with van der Waals surface area (Å²) in [6.07, 6.45) is 0.0266. The minimum atomic E-state index is -0.276. The summed E-state index contributed by atoms with van der Waals surface area (Å²) in [7, 11) is 1.71. The van der Waals surface area contributed by atoms with E-state index in [1.54, 1.807) is 24.9 Å². The molecule has 0 bridgehead atoms. The van der Waals surface area contributed by atoms with Gasteiger partial charge in [-0.15, -0.1) is 0 Å². The maximum atomic E-state index is 12.0. The minimum Gasteiger partial charge on any atom is -0.450 e. The van der Waals surface area contributed by atoms with Gasteiger partial charge in [0.05, 0.1) is 6.61 Å². The number of nitrogens with zero attached hydrogens (tertiary/aromatic N) is 4. The lowest BCUT2D eigenvalue weighted by Crippen LogP contribution is -2.54. The van der Waals surface area contributed by atoms with E-state index in [1.165, 1.54) is 0 Å². The zero-order valence-corrected chi connectivity index (χ0v) is 16.2. The van der Waals surface area contributed by atoms with Crippen molar-refractivity contribution in [2.24, 2.45) is 4.99 Å². The molecule has 1 aromatic heterocycles. The Morgan fingerprint density at radius 1 is 1.22 bits per heavy atom. The molecule has 9 nitrogen and oxygen atoms in total. The van der Waals surface area contributed by atoms with Gasteiger partial charge in [0.2, 0.25) is 5.91 Å². The molecular weight excluding hydrogens is 348 g/mol. The first-order valence-electron chi connectivity index (χ1n) is 9.14. The van der Waals surface area contributed by atoms with Gasteiger partial charge in [-0.3, -0.25) is 9.79 Å². The molecule has 2 amide bonds. The quantitative estimate of drug-likeness (QED) is 0.589. The van der Waals surface area contributed by atoms with Gasteiger partial charge >= 0.3 is 6.09 Å². The highest BCUT2D eigenvalue weighted by atomic mass is 16.6. The maximum absolute atomic E-state index is 12.0. The first kappa shape index (κ1) is 20.5. The molecule has 0 radical (unpaired) electrons. The Balaban J connectivity index is 1.73. The number of rotatable bonds is 5. The zero-order valence-electron chi connectivity index (χ0n) is 16.2. The van der Waals surface area contributed by atoms with Crippen molar-refractivity contribution in [1.82, 2.24) is 20.1 Å². The summed E-state index contributed by atoms with van der Waals surface area (Å²) in [6, 6.07) is 5.50. The van der Waals surface area contributed by atoms with Crippen molar-refractivity contribution in [2.45, 2.75) is 20.3 Å². The Bertz CT molecular complexity index is 671. The van der Waals surface area contributed by atoms with Gasteiger partial charge < -0.3 is 25.2 Å². The van der Waals surface area contributed by atoms with Crippen LogP contribution < -0.4 is 10.6 Å². The van der Waals surface area contributed by atoms with E-state index in [0.29, 0.717) is 51.6 Å². The first-order chi connectivity index (χ1) is 13.0. The Labute approximate surface area is 159 Å². The number of piperazine rings is 1. The number of nitrogens with one attached hydrogen (secondary N) is 2. The van der Waals surface area contributed by atoms with Crippen LogP contribution in [-0.2, 0) is 9.53 Å². The Kier molecular flexibility index (Phi) is 7.84. The van der Waals surface area contributed by atoms with E-state index < -0.39 is 0 Å². The van der Waals surface area contributed by atoms with Crippen LogP contribution >= 0.6 is 0 Å². The van der Waals surface area contributed by atoms with Crippen molar-refractivity contribution in [1.29, 1.82) is 0 Å². The van der Waals surface area contributed by atoms with Crippen molar-refractivity contribution in [3.63, 3.8) is 0 Å². The number of carbonyl (C=O) groups is 2. The molecule has 9 heteroatoms. The van der Waals surface area contributed by atoms with Crippen LogP contribution in [0.3, 0.4) is 0 Å². The van der Waals surface area contributed by atoms with Crippen LogP contribution in [0.25, 0.3) is 0 Å². The summed E-state index contributed by atoms with van der Waals surface area (Å²) in [5, 5.41) is 5.98. The SMILES string of the molecule is CCOC(=O)N1CCN(C(=NC)NCCC(=O)Nc2cccc(C)n2)CC1. The van der Waals surface area contributed by atoms with E-state index in [2.05, 4.69) is 25.5 Å². The second-order valence-electron chi connectivity index (χ2n) is 6.11. The molecule has 1 fully saturated rings. The second-order valence-corrected chi connectivity index (χ2v) is 6.11. The van der Waals surface area contributed by atoms with Gasteiger partial charge in [0.15, 0.2) is 5.96 Å². The topological polar surface area (TPSA) is 99.2 Å². The van der Waals surface area contributed by atoms with E-state index in [0.717, 1.165) is 11.7 Å². The average molecular weight is 376 g/mol. The predicted octanol–water partition coefficient (Wildman–Crippen LogP) is 1.07. The molecule has 2 rings (SSSR count). The number of aromatic nitrogens is 1. The molecule has 27 heavy (non-hydrogen) atoms. The average Bonchev–Trinajstić information content (AvgIpc) is 2.66. The summed E-state index contributed by atoms with van der Waals surface area (Å²) < 4.78 is 5.02. The van der Waals surface area contributed by atoms with Gasteiger partial charge in [0.25, 0.3) is 0 Å². The summed E-state index contributed by atoms with van der Waals surface area (Å²) >= 11 is 0. The molecule has 1 aliphatic heterocycles. The molecule has 2 N–H and O–H groups in total. The van der Waals surface area contributed by atoms with Crippen molar-refractivity contribution in [2.75, 3.05) is 51.7 Å². The van der Waals surface area contributed by atoms with Crippen molar-refractivity contribution in [3.05, 3.63) is 23.9 Å². The number of anilines is 1. The molecule has 1 saturated heterocycles. The van der Waals surface area contributed by atoms with Gasteiger partial charge in [0, 0.05) is 51.9 Å². The zero-order chi connectivity index (χ0) is 19.6. The fourth-order valence-corrected chi connectivity index (χ4v) is 2.75. The van der Waals surface area contributed by atoms with E-state index in [-0.39, 0.29) is 12.0 Å². The molecular formula is C18H28N6O3. The molecule has 1 aromatic rings. The molecule has 0 atom stereocenters. The fourth-order valence-electron chi connectivity index (χ4n) is 2.75. The van der Waals surface area contributed by atoms with Gasteiger partial charge in [-0.05, 0) is 26.0 Å². The Morgan fingerprint density at radius 3 is 2.56 bits per heavy atom. The first-order valence-corrected chi connectivity index (χ1v) is 9.14. The molecule has 1 aliphatic rings. The Morgan fingerprint density at radius 2 is 1.93 bits per heavy atom. The van der Waals surface area contributed by atoms with Gasteiger partial charge in [-0.1, -0.05) is 6.07 Å². The second kappa shape index (κ2) is 10.3. The molecule has 2 heterocycles. The normalized spacial score (nSPS) is 14.7. The summed E-state index contributed by atoms with van der Waals surface area (Å²) in [4.78, 5) is 36.1. The van der Waals surface area contributed by atoms with Crippen LogP contribution in [0, 0.1) is 6.92 Å². The highest BCUT2D eigenvalue weighted by Gasteiger charge is 2.23. The number of pyridine rings is 1. The van der Waals surface area contributed by atoms with E-state index >= 15 is 0 Å². The number of guanidine groups is 1. The molecule has 148 valence electrons. The number of aryl methyl sites for hydroxylation is 1. The fraction of sp³-hybridized carbons (Fsp3) is 0.556. The number of hydrogen-bond acceptors (Lipinski definition) is 5. The summed E-state index contributed by atoms with van der Waals surface area (Å²) in [6.45, 7) is 7.01. The van der Waals surface area contributed by atoms with Crippen LogP contribution in [-0.4, -0.2) is 79.1 Å². The lowest BCUT2D eigenvalue weighted by molar-refractivity contribution is -0.116. The van der Waals surface area contributed by atoms with Crippen LogP contribution in [0.4, 0.5) is 10.6 Å². The number of aliphatic imine (C=N–C) groups is 1. The summed E-state index contributed by atoms with van der Waals surface area (Å²) in [5.74, 6) is 1.17. The molecule has 0 spiro atoms. The van der Waals surface area contributed by atoms with Crippen LogP contribution in [0.2, 0.25) is 0 Å². The van der Waals surface area contributed by atoms with E-state index in [9.17, 15) is 9.59 Å². The highest BCUT2D eigenvalue weighted by molar-refractivity contribution is 5.90. The molecule has 0 unspecified atom stereocenters. The molecule has 0 aromatic carbocycles. The number of amides is 2.